The number of phenols is 1. The number of amides is 1. The van der Waals surface area contributed by atoms with Gasteiger partial charge in [0.1, 0.15) is 5.75 Å². The number of piperidine rings is 1. The van der Waals surface area contributed by atoms with Crippen LogP contribution >= 0.6 is 0 Å². The van der Waals surface area contributed by atoms with Crippen molar-refractivity contribution in [2.45, 2.75) is 30.6 Å². The van der Waals surface area contributed by atoms with E-state index in [4.69, 9.17) is 0 Å². The van der Waals surface area contributed by atoms with Gasteiger partial charge in [0.25, 0.3) is 0 Å². The number of carbonyl (C=O) groups excluding carboxylic acids is 1. The standard InChI is InChI=1S/C21H26N2O4S/c24-19-12-10-17(11-13-19)6-4-14-22-21(25)18-7-5-15-23(16-18)28(26,27)20-8-2-1-3-9-20/h1-3,8-13,18,24H,4-7,14-16H2,(H,22,25). The average molecular weight is 403 g/mol. The number of benzene rings is 2. The van der Waals surface area contributed by atoms with Crippen molar-refractivity contribution in [1.29, 1.82) is 0 Å². The summed E-state index contributed by atoms with van der Waals surface area (Å²) in [5.41, 5.74) is 1.10. The van der Waals surface area contributed by atoms with Crippen LogP contribution in [0.4, 0.5) is 0 Å². The number of sulfonamides is 1. The number of hydrogen-bond donors (Lipinski definition) is 2. The molecular formula is C21H26N2O4S. The Balaban J connectivity index is 1.49. The first-order valence-corrected chi connectivity index (χ1v) is 11.0. The van der Waals surface area contributed by atoms with Gasteiger partial charge >= 0.3 is 0 Å². The molecule has 28 heavy (non-hydrogen) atoms. The largest absolute Gasteiger partial charge is 0.508 e. The van der Waals surface area contributed by atoms with Crippen molar-refractivity contribution >= 4 is 15.9 Å². The summed E-state index contributed by atoms with van der Waals surface area (Å²) in [4.78, 5) is 12.8. The third kappa shape index (κ3) is 5.11. The van der Waals surface area contributed by atoms with Gasteiger partial charge in [0, 0.05) is 19.6 Å². The van der Waals surface area contributed by atoms with Crippen molar-refractivity contribution in [3.63, 3.8) is 0 Å². The monoisotopic (exact) mass is 402 g/mol. The summed E-state index contributed by atoms with van der Waals surface area (Å²) in [7, 11) is -3.56. The molecule has 0 aromatic heterocycles. The number of phenolic OH excluding ortho intramolecular Hbond substituents is 1. The van der Waals surface area contributed by atoms with Crippen LogP contribution in [-0.2, 0) is 21.2 Å². The van der Waals surface area contributed by atoms with Crippen molar-refractivity contribution in [1.82, 2.24) is 9.62 Å². The second-order valence-corrected chi connectivity index (χ2v) is 9.01. The zero-order valence-electron chi connectivity index (χ0n) is 15.8. The van der Waals surface area contributed by atoms with Gasteiger partial charge in [-0.2, -0.15) is 4.31 Å². The van der Waals surface area contributed by atoms with Gasteiger partial charge in [0.05, 0.1) is 10.8 Å². The van der Waals surface area contributed by atoms with Crippen LogP contribution in [0.15, 0.2) is 59.5 Å². The number of nitrogens with one attached hydrogen (secondary N) is 1. The number of aryl methyl sites for hydroxylation is 1. The van der Waals surface area contributed by atoms with Gasteiger partial charge in [-0.05, 0) is 55.5 Å². The van der Waals surface area contributed by atoms with E-state index >= 15 is 0 Å². The summed E-state index contributed by atoms with van der Waals surface area (Å²) in [6.07, 6.45) is 2.97. The lowest BCUT2D eigenvalue weighted by molar-refractivity contribution is -0.126. The van der Waals surface area contributed by atoms with Gasteiger partial charge in [-0.1, -0.05) is 30.3 Å². The summed E-state index contributed by atoms with van der Waals surface area (Å²) >= 11 is 0. The highest BCUT2D eigenvalue weighted by molar-refractivity contribution is 7.89. The summed E-state index contributed by atoms with van der Waals surface area (Å²) in [5.74, 6) is -0.163. The minimum atomic E-state index is -3.56. The fraction of sp³-hybridized carbons (Fsp3) is 0.381. The lowest BCUT2D eigenvalue weighted by Gasteiger charge is -2.31. The molecule has 3 rings (SSSR count). The van der Waals surface area contributed by atoms with Crippen molar-refractivity contribution in [2.24, 2.45) is 5.92 Å². The van der Waals surface area contributed by atoms with E-state index in [1.165, 1.54) is 4.31 Å². The third-order valence-electron chi connectivity index (χ3n) is 5.01. The van der Waals surface area contributed by atoms with E-state index in [0.717, 1.165) is 18.4 Å². The van der Waals surface area contributed by atoms with Crippen LogP contribution in [0.2, 0.25) is 0 Å². The zero-order valence-corrected chi connectivity index (χ0v) is 16.6. The fourth-order valence-corrected chi connectivity index (χ4v) is 4.97. The SMILES string of the molecule is O=C(NCCCc1ccc(O)cc1)C1CCCN(S(=O)(=O)c2ccccc2)C1. The number of nitrogens with zero attached hydrogens (tertiary/aromatic N) is 1. The molecule has 1 fully saturated rings. The molecule has 1 aliphatic rings. The third-order valence-corrected chi connectivity index (χ3v) is 6.89. The van der Waals surface area contributed by atoms with E-state index in [9.17, 15) is 18.3 Å². The maximum absolute atomic E-state index is 12.8. The van der Waals surface area contributed by atoms with Crippen molar-refractivity contribution in [3.05, 3.63) is 60.2 Å². The molecule has 1 saturated heterocycles. The first kappa shape index (κ1) is 20.4. The first-order chi connectivity index (χ1) is 13.5. The first-order valence-electron chi connectivity index (χ1n) is 9.57. The Morgan fingerprint density at radius 3 is 2.54 bits per heavy atom. The smallest absolute Gasteiger partial charge is 0.243 e. The lowest BCUT2D eigenvalue weighted by atomic mass is 9.99. The number of hydrogen-bond acceptors (Lipinski definition) is 4. The van der Waals surface area contributed by atoms with Gasteiger partial charge in [0.2, 0.25) is 15.9 Å². The van der Waals surface area contributed by atoms with Gasteiger partial charge in [-0.3, -0.25) is 4.79 Å². The summed E-state index contributed by atoms with van der Waals surface area (Å²) in [6, 6.07) is 15.4. The van der Waals surface area contributed by atoms with E-state index in [2.05, 4.69) is 5.32 Å². The predicted molar refractivity (Wildman–Crippen MR) is 107 cm³/mol. The van der Waals surface area contributed by atoms with Crippen molar-refractivity contribution in [3.8, 4) is 5.75 Å². The van der Waals surface area contributed by atoms with E-state index in [1.807, 2.05) is 12.1 Å². The normalized spacial score (nSPS) is 17.9. The minimum Gasteiger partial charge on any atom is -0.508 e. The van der Waals surface area contributed by atoms with Crippen molar-refractivity contribution in [2.75, 3.05) is 19.6 Å². The highest BCUT2D eigenvalue weighted by atomic mass is 32.2. The summed E-state index contributed by atoms with van der Waals surface area (Å²) in [5, 5.41) is 12.2. The molecular weight excluding hydrogens is 376 g/mol. The molecule has 2 N–H and O–H groups in total. The Hall–Kier alpha value is -2.38. The molecule has 2 aromatic rings. The number of rotatable bonds is 7. The second-order valence-electron chi connectivity index (χ2n) is 7.08. The van der Waals surface area contributed by atoms with Crippen molar-refractivity contribution < 1.29 is 18.3 Å². The highest BCUT2D eigenvalue weighted by Gasteiger charge is 2.33. The summed E-state index contributed by atoms with van der Waals surface area (Å²) in [6.45, 7) is 1.21. The minimum absolute atomic E-state index is 0.0846. The van der Waals surface area contributed by atoms with Crippen LogP contribution in [0.5, 0.6) is 5.75 Å². The molecule has 0 aliphatic carbocycles. The Kier molecular flexibility index (Phi) is 6.70. The summed E-state index contributed by atoms with van der Waals surface area (Å²) < 4.78 is 27.0. The zero-order chi connectivity index (χ0) is 20.0. The molecule has 2 aromatic carbocycles. The van der Waals surface area contributed by atoms with E-state index in [1.54, 1.807) is 42.5 Å². The molecule has 1 atom stereocenters. The van der Waals surface area contributed by atoms with E-state index in [-0.39, 0.29) is 29.0 Å². The molecule has 0 radical (unpaired) electrons. The van der Waals surface area contributed by atoms with Crippen LogP contribution in [0.1, 0.15) is 24.8 Å². The quantitative estimate of drug-likeness (QED) is 0.697. The Morgan fingerprint density at radius 2 is 1.82 bits per heavy atom. The van der Waals surface area contributed by atoms with Gasteiger partial charge in [0.15, 0.2) is 0 Å². The van der Waals surface area contributed by atoms with Gasteiger partial charge in [-0.15, -0.1) is 0 Å². The fourth-order valence-electron chi connectivity index (χ4n) is 3.43. The molecule has 1 heterocycles. The van der Waals surface area contributed by atoms with Gasteiger partial charge in [-0.25, -0.2) is 8.42 Å². The maximum atomic E-state index is 12.8. The molecule has 6 nitrogen and oxygen atoms in total. The Morgan fingerprint density at radius 1 is 1.11 bits per heavy atom. The Bertz CT molecular complexity index is 882. The lowest BCUT2D eigenvalue weighted by Crippen LogP contribution is -2.45. The second kappa shape index (κ2) is 9.21. The molecule has 0 spiro atoms. The van der Waals surface area contributed by atoms with Crippen LogP contribution in [0.3, 0.4) is 0 Å². The van der Waals surface area contributed by atoms with Crippen LogP contribution in [-0.4, -0.2) is 43.4 Å². The molecule has 1 amide bonds. The molecule has 1 unspecified atom stereocenters. The Labute approximate surface area is 166 Å². The van der Waals surface area contributed by atoms with Crippen LogP contribution in [0.25, 0.3) is 0 Å². The molecule has 150 valence electrons. The topological polar surface area (TPSA) is 86.7 Å². The number of carbonyl (C=O) groups is 1. The van der Waals surface area contributed by atoms with E-state index in [0.29, 0.717) is 25.9 Å². The van der Waals surface area contributed by atoms with Crippen LogP contribution < -0.4 is 5.32 Å². The number of aromatic hydroxyl groups is 1. The van der Waals surface area contributed by atoms with Gasteiger partial charge < -0.3 is 10.4 Å². The highest BCUT2D eigenvalue weighted by Crippen LogP contribution is 2.23. The molecule has 7 heteroatoms. The molecule has 0 bridgehead atoms. The maximum Gasteiger partial charge on any atom is 0.243 e. The molecule has 1 aliphatic heterocycles. The average Bonchev–Trinajstić information content (AvgIpc) is 2.73. The van der Waals surface area contributed by atoms with E-state index < -0.39 is 10.0 Å². The molecule has 0 saturated carbocycles. The predicted octanol–water partition coefficient (Wildman–Crippen LogP) is 2.54. The van der Waals surface area contributed by atoms with Crippen LogP contribution in [0, 0.1) is 5.92 Å².